The van der Waals surface area contributed by atoms with E-state index in [0.717, 1.165) is 19.1 Å². The van der Waals surface area contributed by atoms with Gasteiger partial charge in [0.2, 0.25) is 0 Å². The summed E-state index contributed by atoms with van der Waals surface area (Å²) in [5.74, 6) is -8.66. The van der Waals surface area contributed by atoms with Crippen molar-refractivity contribution in [2.75, 3.05) is 19.0 Å². The van der Waals surface area contributed by atoms with Gasteiger partial charge in [-0.3, -0.25) is 14.4 Å². The number of ketones is 1. The molecule has 0 fully saturated rings. The van der Waals surface area contributed by atoms with Crippen LogP contribution in [0.2, 0.25) is 0 Å². The molecule has 15 nitrogen and oxygen atoms in total. The molecular formula is C44H58N2O13. The highest BCUT2D eigenvalue weighted by Gasteiger charge is 2.50. The van der Waals surface area contributed by atoms with E-state index in [0.29, 0.717) is 0 Å². The minimum atomic E-state index is -2.06. The molecule has 3 aliphatic heterocycles. The zero-order valence-electron chi connectivity index (χ0n) is 35.3. The van der Waals surface area contributed by atoms with Crippen LogP contribution in [0.1, 0.15) is 89.7 Å². The number of ether oxygens (including phenoxy) is 4. The Morgan fingerprint density at radius 1 is 0.966 bits per heavy atom. The van der Waals surface area contributed by atoms with Gasteiger partial charge in [-0.05, 0) is 32.4 Å². The number of aromatic hydroxyl groups is 3. The molecule has 5 bridgehead atoms. The summed E-state index contributed by atoms with van der Waals surface area (Å²) >= 11 is 0. The predicted octanol–water partition coefficient (Wildman–Crippen LogP) is 6.46. The van der Waals surface area contributed by atoms with Gasteiger partial charge in [0.15, 0.2) is 5.75 Å². The largest absolute Gasteiger partial charge is 0.507 e. The molecule has 0 aromatic heterocycles. The highest BCUT2D eigenvalue weighted by Crippen LogP contribution is 2.55. The summed E-state index contributed by atoms with van der Waals surface area (Å²) in [5, 5.41) is 64.0. The second kappa shape index (κ2) is 19.6. The average Bonchev–Trinajstić information content (AvgIpc) is 3.46. The predicted molar refractivity (Wildman–Crippen MR) is 221 cm³/mol. The average molecular weight is 823 g/mol. The maximum atomic E-state index is 14.4. The number of nitrogens with zero attached hydrogens (tertiary/aromatic N) is 1. The van der Waals surface area contributed by atoms with Crippen LogP contribution in [-0.4, -0.2) is 93.3 Å². The fraction of sp³-hybridized carbons (Fsp3) is 0.500. The summed E-state index contributed by atoms with van der Waals surface area (Å²) in [4.78, 5) is 45.7. The number of allylic oxidation sites excluding steroid dienone is 3. The first-order valence-electron chi connectivity index (χ1n) is 19.7. The number of hydrogen-bond donors (Lipinski definition) is 6. The highest BCUT2D eigenvalue weighted by atomic mass is 16.7. The van der Waals surface area contributed by atoms with Crippen LogP contribution in [0.5, 0.6) is 23.0 Å². The molecule has 0 saturated heterocycles. The lowest BCUT2D eigenvalue weighted by Gasteiger charge is -2.38. The normalized spacial score (nSPS) is 30.2. The van der Waals surface area contributed by atoms with Gasteiger partial charge in [0.1, 0.15) is 30.0 Å². The molecule has 0 spiro atoms. The number of aliphatic hydroxyl groups excluding tert-OH is 2. The van der Waals surface area contributed by atoms with Gasteiger partial charge in [0, 0.05) is 61.2 Å². The lowest BCUT2D eigenvalue weighted by molar-refractivity contribution is -0.160. The number of carbonyl (C=O) groups excluding carboxylic acids is 3. The van der Waals surface area contributed by atoms with E-state index in [-0.39, 0.29) is 51.1 Å². The number of phenolic OH excluding ortho intramolecular Hbond substituents is 3. The van der Waals surface area contributed by atoms with Crippen LogP contribution in [0, 0.1) is 30.6 Å². The molecule has 59 heavy (non-hydrogen) atoms. The van der Waals surface area contributed by atoms with Crippen LogP contribution in [-0.2, 0) is 28.6 Å². The number of Topliss-reactive ketones (excluding diaryl/α,β-unsaturated/α-hetero) is 1. The summed E-state index contributed by atoms with van der Waals surface area (Å²) in [7, 11) is 1.43. The topological polar surface area (TPSA) is 223 Å². The number of anilines is 1. The van der Waals surface area contributed by atoms with E-state index in [1.54, 1.807) is 45.9 Å². The Labute approximate surface area is 344 Å². The molecule has 2 aromatic rings. The third-order valence-corrected chi connectivity index (χ3v) is 11.1. The van der Waals surface area contributed by atoms with E-state index in [4.69, 9.17) is 23.8 Å². The van der Waals surface area contributed by atoms with Crippen molar-refractivity contribution in [2.24, 2.45) is 28.8 Å². The standard InChI is InChI=1S/C44H58N2O13/c1-11-12-13-14-19-57-45-21-29-34-39(52)32-31(38(29)51)33-41(27(7)37(32)50)59-44(9,42(33)53)56-20-18-30(55-10)24(4)40(58-28(8)47)26(6)36(49)25(5)35(48)22(2)16-15-17-23(3)43(54)46-34/h13-18,20-22,24-26,30,35-36,40,48-52H,11-12,19H2,1-10H3,(H,46,54)/b14-13+,16-15-,20-18-,23-17-,45-21+/t22-,24+,25+,26+,30-,35-,36+,40+,44-/m0/s1. The Bertz CT molecular complexity index is 2050. The fourth-order valence-corrected chi connectivity index (χ4v) is 7.40. The van der Waals surface area contributed by atoms with Gasteiger partial charge >= 0.3 is 11.8 Å². The monoisotopic (exact) mass is 822 g/mol. The first-order chi connectivity index (χ1) is 27.8. The smallest absolute Gasteiger partial charge is 0.312 e. The molecule has 322 valence electrons. The summed E-state index contributed by atoms with van der Waals surface area (Å²) < 4.78 is 23.5. The quantitative estimate of drug-likeness (QED) is 0.0320. The molecule has 15 heteroatoms. The number of hydrogen-bond acceptors (Lipinski definition) is 14. The zero-order chi connectivity index (χ0) is 43.9. The number of aliphatic hydroxyl groups is 2. The first kappa shape index (κ1) is 46.3. The molecule has 0 aliphatic carbocycles. The lowest BCUT2D eigenvalue weighted by atomic mass is 9.78. The molecule has 6 N–H and O–H groups in total. The minimum absolute atomic E-state index is 0.0326. The number of rotatable bonds is 8. The molecular weight excluding hydrogens is 764 g/mol. The van der Waals surface area contributed by atoms with E-state index >= 15 is 0 Å². The van der Waals surface area contributed by atoms with Crippen molar-refractivity contribution in [3.63, 3.8) is 0 Å². The van der Waals surface area contributed by atoms with E-state index in [1.807, 2.05) is 13.0 Å². The van der Waals surface area contributed by atoms with Crippen LogP contribution in [0.4, 0.5) is 5.69 Å². The number of unbranched alkanes of at least 4 members (excludes halogenated alkanes) is 1. The first-order valence-corrected chi connectivity index (χ1v) is 19.7. The van der Waals surface area contributed by atoms with Gasteiger partial charge < -0.3 is 54.6 Å². The van der Waals surface area contributed by atoms with Crippen molar-refractivity contribution in [2.45, 2.75) is 105 Å². The maximum Gasteiger partial charge on any atom is 0.312 e. The van der Waals surface area contributed by atoms with Gasteiger partial charge in [0.05, 0.1) is 53.0 Å². The second-order valence-electron chi connectivity index (χ2n) is 15.4. The molecule has 1 amide bonds. The second-order valence-corrected chi connectivity index (χ2v) is 15.4. The summed E-state index contributed by atoms with van der Waals surface area (Å²) in [6.45, 7) is 14.5. The number of carbonyl (C=O) groups is 3. The molecule has 2 aromatic carbocycles. The lowest BCUT2D eigenvalue weighted by Crippen LogP contribution is -2.46. The van der Waals surface area contributed by atoms with Crippen LogP contribution < -0.4 is 10.1 Å². The van der Waals surface area contributed by atoms with Crippen molar-refractivity contribution in [3.8, 4) is 23.0 Å². The summed E-state index contributed by atoms with van der Waals surface area (Å²) in [6.07, 6.45) is 9.94. The summed E-state index contributed by atoms with van der Waals surface area (Å²) in [6, 6.07) is 0. The Hall–Kier alpha value is -5.38. The molecule has 9 atom stereocenters. The number of nitrogens with one attached hydrogen (secondary N) is 1. The number of amides is 1. The van der Waals surface area contributed by atoms with Crippen molar-refractivity contribution in [1.29, 1.82) is 0 Å². The van der Waals surface area contributed by atoms with Crippen molar-refractivity contribution in [3.05, 3.63) is 65.0 Å². The molecule has 0 unspecified atom stereocenters. The number of methoxy groups -OCH3 is 1. The molecule has 3 heterocycles. The molecule has 0 radical (unpaired) electrons. The Morgan fingerprint density at radius 2 is 1.66 bits per heavy atom. The number of benzene rings is 2. The van der Waals surface area contributed by atoms with E-state index in [1.165, 1.54) is 53.2 Å². The van der Waals surface area contributed by atoms with Gasteiger partial charge in [-0.1, -0.05) is 70.5 Å². The van der Waals surface area contributed by atoms with Crippen LogP contribution in [0.3, 0.4) is 0 Å². The number of oxime groups is 1. The van der Waals surface area contributed by atoms with Crippen molar-refractivity contribution < 1.29 is 63.7 Å². The van der Waals surface area contributed by atoms with Crippen LogP contribution in [0.25, 0.3) is 10.8 Å². The van der Waals surface area contributed by atoms with Gasteiger partial charge in [-0.15, -0.1) is 0 Å². The minimum Gasteiger partial charge on any atom is -0.507 e. The maximum absolute atomic E-state index is 14.4. The number of phenols is 3. The van der Waals surface area contributed by atoms with Gasteiger partial charge in [0.25, 0.3) is 11.7 Å². The Balaban J connectivity index is 1.95. The van der Waals surface area contributed by atoms with Crippen LogP contribution in [0.15, 0.2) is 53.4 Å². The SMILES string of the molecule is CCC/C=C/CO/N=C/c1c2c(O)c3c(O)c(C)c4c(c3c1O)C(=O)[C@@](C)(O/C=C\[C@H](OC)[C@@H](C)[C@@H](OC(C)=O)[C@H](C)[C@H](O)[C@H](C)[C@@H](O)[C@@H](C)/C=C\C=C(\C)C(=O)N2)O4. The van der Waals surface area contributed by atoms with E-state index in [9.17, 15) is 39.9 Å². The van der Waals surface area contributed by atoms with Gasteiger partial charge in [-0.25, -0.2) is 0 Å². The van der Waals surface area contributed by atoms with Gasteiger partial charge in [-0.2, -0.15) is 0 Å². The van der Waals surface area contributed by atoms with Crippen molar-refractivity contribution >= 4 is 40.3 Å². The molecule has 5 rings (SSSR count). The highest BCUT2D eigenvalue weighted by molar-refractivity contribution is 6.23. The third-order valence-electron chi connectivity index (χ3n) is 11.1. The van der Waals surface area contributed by atoms with Crippen molar-refractivity contribution in [1.82, 2.24) is 0 Å². The Kier molecular flexibility index (Phi) is 15.4. The number of esters is 1. The molecule has 3 aliphatic rings. The zero-order valence-corrected chi connectivity index (χ0v) is 35.3. The van der Waals surface area contributed by atoms with Crippen LogP contribution >= 0.6 is 0 Å². The summed E-state index contributed by atoms with van der Waals surface area (Å²) in [5.41, 5.74) is -0.627. The van der Waals surface area contributed by atoms with E-state index < -0.39 is 88.8 Å². The Morgan fingerprint density at radius 3 is 2.31 bits per heavy atom. The van der Waals surface area contributed by atoms with E-state index in [2.05, 4.69) is 10.5 Å². The third kappa shape index (κ3) is 9.75. The molecule has 0 saturated carbocycles. The fourth-order valence-electron chi connectivity index (χ4n) is 7.40. The number of fused-ring (bicyclic) bond motifs is 14.